The molecule has 0 aliphatic heterocycles. The average Bonchev–Trinajstić information content (AvgIpc) is 2.69. The molecule has 1 atom stereocenters. The summed E-state index contributed by atoms with van der Waals surface area (Å²) >= 11 is 0. The maximum atomic E-state index is 13.2. The molecular formula is C17H22O4S. The summed E-state index contributed by atoms with van der Waals surface area (Å²) in [5.41, 5.74) is 0. The van der Waals surface area contributed by atoms with Crippen LogP contribution in [0.1, 0.15) is 51.9 Å². The van der Waals surface area contributed by atoms with Crippen LogP contribution in [0, 0.1) is 0 Å². The molecule has 0 saturated heterocycles. The van der Waals surface area contributed by atoms with Crippen LogP contribution in [0.25, 0.3) is 0 Å². The van der Waals surface area contributed by atoms with E-state index in [1.54, 1.807) is 18.2 Å². The van der Waals surface area contributed by atoms with Gasteiger partial charge in [0.15, 0.2) is 15.6 Å². The quantitative estimate of drug-likeness (QED) is 0.781. The minimum absolute atomic E-state index is 0.0836. The number of Topliss-reactive ketones (excluding diaryl/α,β-unsaturated/α-hetero) is 2. The van der Waals surface area contributed by atoms with Gasteiger partial charge < -0.3 is 4.79 Å². The highest BCUT2D eigenvalue weighted by Crippen LogP contribution is 2.39. The van der Waals surface area contributed by atoms with Crippen molar-refractivity contribution in [2.75, 3.05) is 0 Å². The Hall–Kier alpha value is -1.49. The first-order valence-electron chi connectivity index (χ1n) is 7.72. The first-order valence-corrected chi connectivity index (χ1v) is 9.21. The van der Waals surface area contributed by atoms with Gasteiger partial charge in [0.25, 0.3) is 0 Å². The van der Waals surface area contributed by atoms with Crippen molar-refractivity contribution in [3.05, 3.63) is 30.3 Å². The predicted octanol–water partition coefficient (Wildman–Crippen LogP) is 3.10. The largest absolute Gasteiger partial charge is 0.300 e. The summed E-state index contributed by atoms with van der Waals surface area (Å²) in [6, 6.07) is 8.13. The number of hydrogen-bond acceptors (Lipinski definition) is 4. The molecule has 1 fully saturated rings. The third-order valence-corrected chi connectivity index (χ3v) is 7.00. The van der Waals surface area contributed by atoms with Crippen LogP contribution in [0.2, 0.25) is 0 Å². The molecule has 1 aliphatic rings. The highest BCUT2D eigenvalue weighted by molar-refractivity contribution is 7.93. The van der Waals surface area contributed by atoms with E-state index in [9.17, 15) is 18.0 Å². The molecule has 5 heteroatoms. The van der Waals surface area contributed by atoms with E-state index in [2.05, 4.69) is 0 Å². The van der Waals surface area contributed by atoms with Crippen molar-refractivity contribution in [3.8, 4) is 0 Å². The molecule has 0 amide bonds. The van der Waals surface area contributed by atoms with Crippen molar-refractivity contribution >= 4 is 21.4 Å². The van der Waals surface area contributed by atoms with Crippen LogP contribution in [-0.4, -0.2) is 24.7 Å². The number of sulfone groups is 1. The smallest absolute Gasteiger partial charge is 0.191 e. The molecule has 0 heterocycles. The van der Waals surface area contributed by atoms with Gasteiger partial charge in [-0.15, -0.1) is 0 Å². The van der Waals surface area contributed by atoms with Crippen LogP contribution in [0.5, 0.6) is 0 Å². The van der Waals surface area contributed by atoms with Gasteiger partial charge in [-0.05, 0) is 38.3 Å². The van der Waals surface area contributed by atoms with Gasteiger partial charge in [-0.2, -0.15) is 0 Å². The second-order valence-corrected chi connectivity index (χ2v) is 8.26. The molecule has 0 spiro atoms. The topological polar surface area (TPSA) is 68.3 Å². The molecule has 4 nitrogen and oxygen atoms in total. The first kappa shape index (κ1) is 16.9. The molecule has 0 aromatic heterocycles. The standard InChI is InChI=1S/C17H22O4S/c1-14(18)11-13-17(12-7-3-6-10-16(17)19)22(20,21)15-8-4-2-5-9-15/h2,4-5,8-9H,3,6-7,10-13H2,1H3. The lowest BCUT2D eigenvalue weighted by molar-refractivity contribution is -0.122. The van der Waals surface area contributed by atoms with Crippen molar-refractivity contribution in [2.24, 2.45) is 0 Å². The van der Waals surface area contributed by atoms with E-state index in [0.29, 0.717) is 12.8 Å². The molecule has 22 heavy (non-hydrogen) atoms. The van der Waals surface area contributed by atoms with Gasteiger partial charge in [0, 0.05) is 12.8 Å². The summed E-state index contributed by atoms with van der Waals surface area (Å²) in [7, 11) is -3.79. The van der Waals surface area contributed by atoms with Gasteiger partial charge in [0.05, 0.1) is 4.90 Å². The van der Waals surface area contributed by atoms with Crippen molar-refractivity contribution < 1.29 is 18.0 Å². The maximum Gasteiger partial charge on any atom is 0.191 e. The second kappa shape index (κ2) is 6.73. The zero-order valence-corrected chi connectivity index (χ0v) is 13.7. The average molecular weight is 322 g/mol. The summed E-state index contributed by atoms with van der Waals surface area (Å²) in [5.74, 6) is -0.310. The zero-order chi connectivity index (χ0) is 16.2. The molecule has 120 valence electrons. The molecule has 1 aliphatic carbocycles. The lowest BCUT2D eigenvalue weighted by atomic mass is 9.91. The summed E-state index contributed by atoms with van der Waals surface area (Å²) in [6.07, 6.45) is 3.11. The zero-order valence-electron chi connectivity index (χ0n) is 12.9. The van der Waals surface area contributed by atoms with Crippen LogP contribution in [0.4, 0.5) is 0 Å². The fourth-order valence-electron chi connectivity index (χ4n) is 3.13. The number of hydrogen-bond donors (Lipinski definition) is 0. The van der Waals surface area contributed by atoms with Crippen LogP contribution in [-0.2, 0) is 19.4 Å². The molecule has 0 N–H and O–H groups in total. The number of carbonyl (C=O) groups excluding carboxylic acids is 2. The van der Waals surface area contributed by atoms with Crippen molar-refractivity contribution in [2.45, 2.75) is 61.5 Å². The van der Waals surface area contributed by atoms with E-state index < -0.39 is 14.6 Å². The van der Waals surface area contributed by atoms with Crippen molar-refractivity contribution in [1.82, 2.24) is 0 Å². The van der Waals surface area contributed by atoms with Gasteiger partial charge in [-0.3, -0.25) is 4.79 Å². The fourth-order valence-corrected chi connectivity index (χ4v) is 5.28. The Morgan fingerprint density at radius 3 is 2.45 bits per heavy atom. The molecule has 1 aromatic carbocycles. The molecular weight excluding hydrogens is 300 g/mol. The monoisotopic (exact) mass is 322 g/mol. The summed E-state index contributed by atoms with van der Waals surface area (Å²) in [6.45, 7) is 1.43. The molecule has 2 rings (SSSR count). The summed E-state index contributed by atoms with van der Waals surface area (Å²) < 4.78 is 24.9. The second-order valence-electron chi connectivity index (χ2n) is 6.00. The molecule has 1 saturated carbocycles. The van der Waals surface area contributed by atoms with E-state index in [0.717, 1.165) is 12.8 Å². The van der Waals surface area contributed by atoms with Crippen LogP contribution >= 0.6 is 0 Å². The van der Waals surface area contributed by atoms with Gasteiger partial charge in [-0.1, -0.05) is 31.0 Å². The number of rotatable bonds is 5. The first-order chi connectivity index (χ1) is 10.4. The Morgan fingerprint density at radius 1 is 1.14 bits per heavy atom. The van der Waals surface area contributed by atoms with E-state index in [1.165, 1.54) is 19.1 Å². The molecule has 1 aromatic rings. The molecule has 0 bridgehead atoms. The Kier molecular flexibility index (Phi) is 5.16. The van der Waals surface area contributed by atoms with Crippen molar-refractivity contribution in [3.63, 3.8) is 0 Å². The van der Waals surface area contributed by atoms with E-state index in [1.807, 2.05) is 0 Å². The molecule has 1 unspecified atom stereocenters. The Labute approximate surface area is 131 Å². The number of benzene rings is 1. The van der Waals surface area contributed by atoms with Crippen molar-refractivity contribution in [1.29, 1.82) is 0 Å². The van der Waals surface area contributed by atoms with Gasteiger partial charge >= 0.3 is 0 Å². The Morgan fingerprint density at radius 2 is 1.82 bits per heavy atom. The number of ketones is 2. The minimum atomic E-state index is -3.79. The van der Waals surface area contributed by atoms with Gasteiger partial charge in [0.1, 0.15) is 10.5 Å². The van der Waals surface area contributed by atoms with E-state index in [-0.39, 0.29) is 35.7 Å². The Bertz CT molecular complexity index is 648. The molecule has 0 radical (unpaired) electrons. The highest BCUT2D eigenvalue weighted by Gasteiger charge is 2.50. The predicted molar refractivity (Wildman–Crippen MR) is 84.4 cm³/mol. The van der Waals surface area contributed by atoms with E-state index >= 15 is 0 Å². The number of carbonyl (C=O) groups is 2. The SMILES string of the molecule is CC(=O)CCC1(S(=O)(=O)c2ccccc2)CCCCCC1=O. The van der Waals surface area contributed by atoms with Gasteiger partial charge in [0.2, 0.25) is 0 Å². The normalized spacial score (nSPS) is 23.0. The maximum absolute atomic E-state index is 13.2. The fraction of sp³-hybridized carbons (Fsp3) is 0.529. The lowest BCUT2D eigenvalue weighted by Crippen LogP contribution is -2.46. The minimum Gasteiger partial charge on any atom is -0.300 e. The summed E-state index contributed by atoms with van der Waals surface area (Å²) in [4.78, 5) is 24.2. The van der Waals surface area contributed by atoms with E-state index in [4.69, 9.17) is 0 Å². The van der Waals surface area contributed by atoms with Crippen LogP contribution in [0.15, 0.2) is 35.2 Å². The van der Waals surface area contributed by atoms with Crippen LogP contribution < -0.4 is 0 Å². The third kappa shape index (κ3) is 3.14. The highest BCUT2D eigenvalue weighted by atomic mass is 32.2. The lowest BCUT2D eigenvalue weighted by Gasteiger charge is -2.30. The Balaban J connectivity index is 2.51. The van der Waals surface area contributed by atoms with Gasteiger partial charge in [-0.25, -0.2) is 8.42 Å². The van der Waals surface area contributed by atoms with Crippen LogP contribution in [0.3, 0.4) is 0 Å². The summed E-state index contributed by atoms with van der Waals surface area (Å²) in [5, 5.41) is 0. The third-order valence-electron chi connectivity index (χ3n) is 4.44.